The Morgan fingerprint density at radius 1 is 1.18 bits per heavy atom. The van der Waals surface area contributed by atoms with E-state index in [0.29, 0.717) is 11.6 Å². The van der Waals surface area contributed by atoms with Gasteiger partial charge >= 0.3 is 0 Å². The van der Waals surface area contributed by atoms with E-state index in [1.807, 2.05) is 49.4 Å². The highest BCUT2D eigenvalue weighted by Gasteiger charge is 2.02. The predicted octanol–water partition coefficient (Wildman–Crippen LogP) is 4.99. The van der Waals surface area contributed by atoms with Gasteiger partial charge in [0.2, 0.25) is 0 Å². The van der Waals surface area contributed by atoms with Crippen LogP contribution in [0.2, 0.25) is 5.02 Å². The first-order valence-electron chi connectivity index (χ1n) is 5.28. The third-order valence-corrected chi connectivity index (χ3v) is 3.16. The van der Waals surface area contributed by atoms with E-state index in [1.54, 1.807) is 0 Å². The highest BCUT2D eigenvalue weighted by molar-refractivity contribution is 9.10. The van der Waals surface area contributed by atoms with Gasteiger partial charge in [-0.15, -0.1) is 0 Å². The summed E-state index contributed by atoms with van der Waals surface area (Å²) in [5, 5.41) is 0.653. The number of hydrogen-bond acceptors (Lipinski definition) is 1. The SMILES string of the molecule is Cc1ccc(OCc2cccc(Br)c2)c(Cl)c1. The summed E-state index contributed by atoms with van der Waals surface area (Å²) >= 11 is 9.52. The molecule has 0 aromatic heterocycles. The number of benzene rings is 2. The van der Waals surface area contributed by atoms with Gasteiger partial charge in [0.15, 0.2) is 0 Å². The van der Waals surface area contributed by atoms with Gasteiger partial charge in [0.05, 0.1) is 5.02 Å². The number of ether oxygens (including phenoxy) is 1. The Balaban J connectivity index is 2.07. The topological polar surface area (TPSA) is 9.23 Å². The van der Waals surface area contributed by atoms with Gasteiger partial charge in [-0.1, -0.05) is 45.7 Å². The van der Waals surface area contributed by atoms with Gasteiger partial charge in [-0.25, -0.2) is 0 Å². The Labute approximate surface area is 115 Å². The summed E-state index contributed by atoms with van der Waals surface area (Å²) in [6.07, 6.45) is 0. The van der Waals surface area contributed by atoms with Crippen LogP contribution in [0.5, 0.6) is 5.75 Å². The van der Waals surface area contributed by atoms with Crippen molar-refractivity contribution in [3.63, 3.8) is 0 Å². The van der Waals surface area contributed by atoms with Crippen LogP contribution in [0.25, 0.3) is 0 Å². The molecule has 0 radical (unpaired) electrons. The first kappa shape index (κ1) is 12.5. The molecule has 0 aliphatic heterocycles. The monoisotopic (exact) mass is 310 g/mol. The number of rotatable bonds is 3. The summed E-state index contributed by atoms with van der Waals surface area (Å²) in [5.74, 6) is 0.720. The molecule has 0 atom stereocenters. The van der Waals surface area contributed by atoms with Crippen LogP contribution in [-0.2, 0) is 6.61 Å². The molecule has 0 bridgehead atoms. The molecule has 3 heteroatoms. The van der Waals surface area contributed by atoms with Crippen molar-refractivity contribution in [3.8, 4) is 5.75 Å². The highest BCUT2D eigenvalue weighted by Crippen LogP contribution is 2.26. The van der Waals surface area contributed by atoms with Crippen LogP contribution in [0, 0.1) is 6.92 Å². The van der Waals surface area contributed by atoms with Crippen molar-refractivity contribution in [1.29, 1.82) is 0 Å². The Morgan fingerprint density at radius 3 is 2.71 bits per heavy atom. The van der Waals surface area contributed by atoms with Crippen molar-refractivity contribution in [2.45, 2.75) is 13.5 Å². The van der Waals surface area contributed by atoms with Gasteiger partial charge < -0.3 is 4.74 Å². The Kier molecular flexibility index (Phi) is 4.08. The van der Waals surface area contributed by atoms with Crippen molar-refractivity contribution in [2.24, 2.45) is 0 Å². The van der Waals surface area contributed by atoms with Gasteiger partial charge in [0.1, 0.15) is 12.4 Å². The second-order valence-electron chi connectivity index (χ2n) is 3.85. The zero-order valence-corrected chi connectivity index (χ0v) is 11.8. The van der Waals surface area contributed by atoms with Crippen LogP contribution in [0.4, 0.5) is 0 Å². The van der Waals surface area contributed by atoms with Crippen LogP contribution in [0.3, 0.4) is 0 Å². The van der Waals surface area contributed by atoms with Crippen molar-refractivity contribution in [3.05, 3.63) is 63.1 Å². The molecule has 0 heterocycles. The summed E-state index contributed by atoms with van der Waals surface area (Å²) in [4.78, 5) is 0. The van der Waals surface area contributed by atoms with Crippen LogP contribution in [0.1, 0.15) is 11.1 Å². The lowest BCUT2D eigenvalue weighted by Crippen LogP contribution is -1.95. The molecule has 0 aliphatic carbocycles. The molecule has 0 unspecified atom stereocenters. The van der Waals surface area contributed by atoms with Crippen molar-refractivity contribution < 1.29 is 4.74 Å². The van der Waals surface area contributed by atoms with Crippen molar-refractivity contribution in [2.75, 3.05) is 0 Å². The molecule has 0 aliphatic rings. The summed E-state index contributed by atoms with van der Waals surface area (Å²) in [5.41, 5.74) is 2.24. The second-order valence-corrected chi connectivity index (χ2v) is 5.18. The maximum atomic E-state index is 6.09. The number of aryl methyl sites for hydroxylation is 1. The predicted molar refractivity (Wildman–Crippen MR) is 74.7 cm³/mol. The molecule has 88 valence electrons. The Bertz CT molecular complexity index is 525. The molecule has 2 aromatic carbocycles. The van der Waals surface area contributed by atoms with Gasteiger partial charge in [-0.05, 0) is 42.3 Å². The summed E-state index contributed by atoms with van der Waals surface area (Å²) < 4.78 is 6.73. The molecule has 2 aromatic rings. The molecular weight excluding hydrogens is 300 g/mol. The molecule has 0 saturated heterocycles. The minimum absolute atomic E-state index is 0.516. The van der Waals surface area contributed by atoms with E-state index < -0.39 is 0 Å². The van der Waals surface area contributed by atoms with E-state index in [0.717, 1.165) is 21.3 Å². The van der Waals surface area contributed by atoms with Gasteiger partial charge in [-0.2, -0.15) is 0 Å². The average molecular weight is 312 g/mol. The minimum Gasteiger partial charge on any atom is -0.487 e. The highest BCUT2D eigenvalue weighted by atomic mass is 79.9. The summed E-state index contributed by atoms with van der Waals surface area (Å²) in [6, 6.07) is 13.8. The zero-order chi connectivity index (χ0) is 12.3. The van der Waals surface area contributed by atoms with Gasteiger partial charge in [0.25, 0.3) is 0 Å². The molecule has 17 heavy (non-hydrogen) atoms. The van der Waals surface area contributed by atoms with Crippen LogP contribution in [0.15, 0.2) is 46.9 Å². The van der Waals surface area contributed by atoms with Crippen LogP contribution < -0.4 is 4.74 Å². The molecule has 0 fully saturated rings. The van der Waals surface area contributed by atoms with Gasteiger partial charge in [-0.3, -0.25) is 0 Å². The Hall–Kier alpha value is -0.990. The fraction of sp³-hybridized carbons (Fsp3) is 0.143. The lowest BCUT2D eigenvalue weighted by atomic mass is 10.2. The lowest BCUT2D eigenvalue weighted by Gasteiger charge is -2.08. The fourth-order valence-corrected chi connectivity index (χ4v) is 2.25. The van der Waals surface area contributed by atoms with E-state index in [1.165, 1.54) is 0 Å². The minimum atomic E-state index is 0.516. The van der Waals surface area contributed by atoms with E-state index in [4.69, 9.17) is 16.3 Å². The smallest absolute Gasteiger partial charge is 0.138 e. The van der Waals surface area contributed by atoms with Gasteiger partial charge in [0, 0.05) is 4.47 Å². The summed E-state index contributed by atoms with van der Waals surface area (Å²) in [7, 11) is 0. The van der Waals surface area contributed by atoms with E-state index in [9.17, 15) is 0 Å². The molecule has 2 rings (SSSR count). The molecule has 0 N–H and O–H groups in total. The fourth-order valence-electron chi connectivity index (χ4n) is 1.51. The third-order valence-electron chi connectivity index (χ3n) is 2.37. The largest absolute Gasteiger partial charge is 0.487 e. The van der Waals surface area contributed by atoms with Crippen molar-refractivity contribution >= 4 is 27.5 Å². The van der Waals surface area contributed by atoms with Crippen LogP contribution in [-0.4, -0.2) is 0 Å². The second kappa shape index (κ2) is 5.56. The Morgan fingerprint density at radius 2 is 2.00 bits per heavy atom. The molecule has 0 saturated carbocycles. The van der Waals surface area contributed by atoms with E-state index >= 15 is 0 Å². The molecule has 0 amide bonds. The zero-order valence-electron chi connectivity index (χ0n) is 9.41. The normalized spacial score (nSPS) is 10.3. The van der Waals surface area contributed by atoms with Crippen LogP contribution >= 0.6 is 27.5 Å². The molecular formula is C14H12BrClO. The quantitative estimate of drug-likeness (QED) is 0.776. The third kappa shape index (κ3) is 3.48. The maximum absolute atomic E-state index is 6.09. The van der Waals surface area contributed by atoms with E-state index in [2.05, 4.69) is 15.9 Å². The standard InChI is InChI=1S/C14H12BrClO/c1-10-5-6-14(13(16)7-10)17-9-11-3-2-4-12(15)8-11/h2-8H,9H2,1H3. The first-order valence-corrected chi connectivity index (χ1v) is 6.45. The number of halogens is 2. The first-order chi connectivity index (χ1) is 8.15. The molecule has 1 nitrogen and oxygen atoms in total. The van der Waals surface area contributed by atoms with E-state index in [-0.39, 0.29) is 0 Å². The number of hydrogen-bond donors (Lipinski definition) is 0. The lowest BCUT2D eigenvalue weighted by molar-refractivity contribution is 0.306. The molecule has 0 spiro atoms. The summed E-state index contributed by atoms with van der Waals surface area (Å²) in [6.45, 7) is 2.52. The average Bonchev–Trinajstić information content (AvgIpc) is 2.28. The maximum Gasteiger partial charge on any atom is 0.138 e. The van der Waals surface area contributed by atoms with Crippen molar-refractivity contribution in [1.82, 2.24) is 0 Å².